The molecule has 0 aromatic rings. The van der Waals surface area contributed by atoms with Gasteiger partial charge in [0.25, 0.3) is 0 Å². The van der Waals surface area contributed by atoms with E-state index < -0.39 is 43.2 Å². The highest BCUT2D eigenvalue weighted by atomic mass is 16.4. The average molecular weight is 238 g/mol. The van der Waals surface area contributed by atoms with Crippen molar-refractivity contribution in [2.45, 2.75) is 36.6 Å². The predicted octanol–water partition coefficient (Wildman–Crippen LogP) is -3.67. The molecule has 0 aliphatic rings. The second kappa shape index (κ2) is 6.92. The number of hydrogen-bond donors (Lipinski definition) is 7. The Labute approximate surface area is 92.5 Å². The molecule has 0 aromatic carbocycles. The van der Waals surface area contributed by atoms with Crippen LogP contribution >= 0.6 is 0 Å². The maximum Gasteiger partial charge on any atom is 0.112 e. The van der Waals surface area contributed by atoms with Gasteiger partial charge in [0, 0.05) is 0 Å². The Morgan fingerprint density at radius 2 is 1.25 bits per heavy atom. The van der Waals surface area contributed by atoms with Crippen molar-refractivity contribution in [1.82, 2.24) is 0 Å². The molecule has 0 spiro atoms. The fourth-order valence-corrected chi connectivity index (χ4v) is 1.08. The van der Waals surface area contributed by atoms with Crippen LogP contribution in [0.2, 0.25) is 0 Å². The van der Waals surface area contributed by atoms with Crippen LogP contribution in [0.15, 0.2) is 12.7 Å². The Kier molecular flexibility index (Phi) is 6.68. The van der Waals surface area contributed by atoms with E-state index in [0.717, 1.165) is 6.08 Å². The summed E-state index contributed by atoms with van der Waals surface area (Å²) in [6.45, 7) is 2.35. The van der Waals surface area contributed by atoms with Crippen LogP contribution < -0.4 is 0 Å². The highest BCUT2D eigenvalue weighted by Crippen LogP contribution is 2.11. The van der Waals surface area contributed by atoms with E-state index in [-0.39, 0.29) is 0 Å². The highest BCUT2D eigenvalue weighted by Gasteiger charge is 2.36. The lowest BCUT2D eigenvalue weighted by atomic mass is 9.96. The third kappa shape index (κ3) is 3.80. The molecule has 0 fully saturated rings. The first-order valence-electron chi connectivity index (χ1n) is 4.68. The molecule has 0 aliphatic heterocycles. The predicted molar refractivity (Wildman–Crippen MR) is 53.3 cm³/mol. The summed E-state index contributed by atoms with van der Waals surface area (Å²) in [5.41, 5.74) is 0. The van der Waals surface area contributed by atoms with Crippen molar-refractivity contribution >= 4 is 0 Å². The average Bonchev–Trinajstić information content (AvgIpc) is 2.32. The first kappa shape index (κ1) is 15.5. The maximum absolute atomic E-state index is 9.34. The minimum Gasteiger partial charge on any atom is -0.394 e. The molecule has 96 valence electrons. The Balaban J connectivity index is 4.47. The van der Waals surface area contributed by atoms with Gasteiger partial charge in [-0.05, 0) is 0 Å². The summed E-state index contributed by atoms with van der Waals surface area (Å²) in [7, 11) is 0. The van der Waals surface area contributed by atoms with Crippen LogP contribution in [0.5, 0.6) is 0 Å². The third-order valence-corrected chi connectivity index (χ3v) is 2.22. The summed E-state index contributed by atoms with van der Waals surface area (Å²) in [6.07, 6.45) is -9.59. The highest BCUT2D eigenvalue weighted by molar-refractivity contribution is 4.93. The van der Waals surface area contributed by atoms with Crippen LogP contribution in [0.3, 0.4) is 0 Å². The van der Waals surface area contributed by atoms with Gasteiger partial charge in [0.15, 0.2) is 0 Å². The van der Waals surface area contributed by atoms with Crippen molar-refractivity contribution in [3.8, 4) is 0 Å². The lowest BCUT2D eigenvalue weighted by molar-refractivity contribution is -0.152. The van der Waals surface area contributed by atoms with Crippen molar-refractivity contribution in [1.29, 1.82) is 0 Å². The van der Waals surface area contributed by atoms with Crippen molar-refractivity contribution in [3.05, 3.63) is 12.7 Å². The first-order chi connectivity index (χ1) is 7.36. The molecule has 7 N–H and O–H groups in total. The monoisotopic (exact) mass is 238 g/mol. The van der Waals surface area contributed by atoms with Gasteiger partial charge in [-0.1, -0.05) is 6.08 Å². The van der Waals surface area contributed by atoms with Crippen molar-refractivity contribution < 1.29 is 35.7 Å². The zero-order valence-electron chi connectivity index (χ0n) is 8.59. The second-order valence-electron chi connectivity index (χ2n) is 3.44. The van der Waals surface area contributed by atoms with E-state index in [1.54, 1.807) is 0 Å². The zero-order chi connectivity index (χ0) is 12.9. The fraction of sp³-hybridized carbons (Fsp3) is 0.778. The molecule has 0 bridgehead atoms. The molecule has 0 aliphatic carbocycles. The molecule has 0 amide bonds. The largest absolute Gasteiger partial charge is 0.394 e. The summed E-state index contributed by atoms with van der Waals surface area (Å²) >= 11 is 0. The van der Waals surface area contributed by atoms with Gasteiger partial charge in [-0.2, -0.15) is 0 Å². The lowest BCUT2D eigenvalue weighted by Crippen LogP contribution is -2.52. The molecule has 0 unspecified atom stereocenters. The van der Waals surface area contributed by atoms with Gasteiger partial charge >= 0.3 is 0 Å². The van der Waals surface area contributed by atoms with Crippen LogP contribution in [0.4, 0.5) is 0 Å². The molecular formula is C9H18O7. The van der Waals surface area contributed by atoms with E-state index in [4.69, 9.17) is 15.3 Å². The molecule has 7 nitrogen and oxygen atoms in total. The standard InChI is InChI=1S/C9H18O7/c1-2-4(11)6(13)8(15)9(16)7(14)5(12)3-10/h2,4-16H,1,3H2/t4-,5-,6-,7+,8+,9+/m1/s1. The SMILES string of the molecule is C=C[C@@H](O)[C@@H](O)[C@H](O)[C@@H](O)[C@@H](O)[C@H](O)CO. The van der Waals surface area contributed by atoms with Gasteiger partial charge in [0.1, 0.15) is 36.6 Å². The van der Waals surface area contributed by atoms with E-state index in [1.807, 2.05) is 0 Å². The number of rotatable bonds is 7. The number of hydrogen-bond acceptors (Lipinski definition) is 7. The summed E-state index contributed by atoms with van der Waals surface area (Å²) in [4.78, 5) is 0. The molecule has 6 atom stereocenters. The van der Waals surface area contributed by atoms with Crippen molar-refractivity contribution in [2.24, 2.45) is 0 Å². The molecular weight excluding hydrogens is 220 g/mol. The third-order valence-electron chi connectivity index (χ3n) is 2.22. The van der Waals surface area contributed by atoms with Crippen LogP contribution in [0.1, 0.15) is 0 Å². The summed E-state index contributed by atoms with van der Waals surface area (Å²) in [5, 5.41) is 63.7. The minimum absolute atomic E-state index is 0.814. The minimum atomic E-state index is -1.91. The van der Waals surface area contributed by atoms with E-state index in [2.05, 4.69) is 6.58 Å². The van der Waals surface area contributed by atoms with Crippen LogP contribution in [0, 0.1) is 0 Å². The second-order valence-corrected chi connectivity index (χ2v) is 3.44. The first-order valence-corrected chi connectivity index (χ1v) is 4.68. The van der Waals surface area contributed by atoms with Gasteiger partial charge in [0.05, 0.1) is 6.61 Å². The topological polar surface area (TPSA) is 142 Å². The number of aliphatic hydroxyl groups is 7. The van der Waals surface area contributed by atoms with Gasteiger partial charge in [-0.15, -0.1) is 6.58 Å². The quantitative estimate of drug-likeness (QED) is 0.226. The maximum atomic E-state index is 9.34. The van der Waals surface area contributed by atoms with Crippen LogP contribution in [0.25, 0.3) is 0 Å². The Morgan fingerprint density at radius 3 is 1.62 bits per heavy atom. The van der Waals surface area contributed by atoms with Gasteiger partial charge in [-0.25, -0.2) is 0 Å². The Hall–Kier alpha value is -0.540. The molecule has 0 saturated carbocycles. The van der Waals surface area contributed by atoms with Crippen molar-refractivity contribution in [3.63, 3.8) is 0 Å². The molecule has 16 heavy (non-hydrogen) atoms. The van der Waals surface area contributed by atoms with Gasteiger partial charge in [0.2, 0.25) is 0 Å². The molecule has 0 heterocycles. The zero-order valence-corrected chi connectivity index (χ0v) is 8.59. The normalized spacial score (nSPS) is 22.9. The summed E-state index contributed by atoms with van der Waals surface area (Å²) < 4.78 is 0. The molecule has 0 saturated heterocycles. The van der Waals surface area contributed by atoms with Crippen LogP contribution in [-0.2, 0) is 0 Å². The summed E-state index contributed by atoms with van der Waals surface area (Å²) in [6, 6.07) is 0. The van der Waals surface area contributed by atoms with Gasteiger partial charge in [-0.3, -0.25) is 0 Å². The fourth-order valence-electron chi connectivity index (χ4n) is 1.08. The van der Waals surface area contributed by atoms with E-state index in [9.17, 15) is 20.4 Å². The summed E-state index contributed by atoms with van der Waals surface area (Å²) in [5.74, 6) is 0. The molecule has 7 heteroatoms. The van der Waals surface area contributed by atoms with E-state index in [0.29, 0.717) is 0 Å². The Morgan fingerprint density at radius 1 is 0.812 bits per heavy atom. The van der Waals surface area contributed by atoms with Gasteiger partial charge < -0.3 is 35.7 Å². The van der Waals surface area contributed by atoms with E-state index >= 15 is 0 Å². The molecule has 0 rings (SSSR count). The van der Waals surface area contributed by atoms with E-state index in [1.165, 1.54) is 0 Å². The molecule has 0 radical (unpaired) electrons. The number of aliphatic hydroxyl groups excluding tert-OH is 7. The molecule has 0 aromatic heterocycles. The van der Waals surface area contributed by atoms with Crippen molar-refractivity contribution in [2.75, 3.05) is 6.61 Å². The van der Waals surface area contributed by atoms with Crippen LogP contribution in [-0.4, -0.2) is 79.0 Å². The smallest absolute Gasteiger partial charge is 0.112 e. The lowest BCUT2D eigenvalue weighted by Gasteiger charge is -2.29. The Bertz CT molecular complexity index is 210.